The Kier molecular flexibility index (Phi) is 4.01. The van der Waals surface area contributed by atoms with E-state index in [1.807, 2.05) is 35.2 Å². The minimum atomic E-state index is -1.01. The van der Waals surface area contributed by atoms with Crippen LogP contribution in [0, 0.1) is 0 Å². The van der Waals surface area contributed by atoms with Gasteiger partial charge in [0.25, 0.3) is 5.89 Å². The minimum Gasteiger partial charge on any atom is -0.393 e. The molecule has 0 amide bonds. The molecule has 6 heteroatoms. The van der Waals surface area contributed by atoms with Gasteiger partial charge >= 0.3 is 0 Å². The SMILES string of the molecule is OC[C@]1(O)CCCN(Cc2noc(-c3ccccc3)n2)C1. The molecule has 3 rings (SSSR count). The van der Waals surface area contributed by atoms with E-state index in [0.29, 0.717) is 31.2 Å². The van der Waals surface area contributed by atoms with Crippen LogP contribution >= 0.6 is 0 Å². The monoisotopic (exact) mass is 289 g/mol. The van der Waals surface area contributed by atoms with Crippen LogP contribution in [-0.4, -0.2) is 50.6 Å². The summed E-state index contributed by atoms with van der Waals surface area (Å²) in [6.45, 7) is 1.58. The number of nitrogens with zero attached hydrogens (tertiary/aromatic N) is 3. The zero-order chi connectivity index (χ0) is 14.7. The fourth-order valence-electron chi connectivity index (χ4n) is 2.69. The summed E-state index contributed by atoms with van der Waals surface area (Å²) >= 11 is 0. The summed E-state index contributed by atoms with van der Waals surface area (Å²) in [5, 5.41) is 23.4. The molecule has 0 unspecified atom stereocenters. The Morgan fingerprint density at radius 3 is 2.86 bits per heavy atom. The van der Waals surface area contributed by atoms with Gasteiger partial charge in [-0.2, -0.15) is 4.98 Å². The molecule has 0 bridgehead atoms. The third kappa shape index (κ3) is 3.29. The molecule has 2 heterocycles. The average molecular weight is 289 g/mol. The van der Waals surface area contributed by atoms with Gasteiger partial charge in [0.2, 0.25) is 0 Å². The molecule has 2 aromatic rings. The van der Waals surface area contributed by atoms with Crippen LogP contribution in [0.2, 0.25) is 0 Å². The number of β-amino-alcohol motifs (C(OH)–C–C–N with tert-alkyl or cyclic N) is 1. The summed E-state index contributed by atoms with van der Waals surface area (Å²) in [5.41, 5.74) is -0.119. The van der Waals surface area contributed by atoms with Crippen LogP contribution in [0.15, 0.2) is 34.9 Å². The molecule has 0 saturated carbocycles. The Morgan fingerprint density at radius 1 is 1.29 bits per heavy atom. The van der Waals surface area contributed by atoms with Crippen molar-refractivity contribution < 1.29 is 14.7 Å². The lowest BCUT2D eigenvalue weighted by Gasteiger charge is -2.37. The molecule has 1 atom stereocenters. The fourth-order valence-corrected chi connectivity index (χ4v) is 2.69. The number of hydrogen-bond acceptors (Lipinski definition) is 6. The number of aliphatic hydroxyl groups excluding tert-OH is 1. The van der Waals surface area contributed by atoms with Crippen molar-refractivity contribution in [3.8, 4) is 11.5 Å². The van der Waals surface area contributed by atoms with Crippen LogP contribution in [0.3, 0.4) is 0 Å². The summed E-state index contributed by atoms with van der Waals surface area (Å²) < 4.78 is 5.27. The van der Waals surface area contributed by atoms with Gasteiger partial charge in [-0.05, 0) is 31.5 Å². The Labute approximate surface area is 123 Å². The molecule has 6 nitrogen and oxygen atoms in total. The maximum absolute atomic E-state index is 10.2. The molecule has 1 aromatic heterocycles. The molecule has 1 saturated heterocycles. The molecule has 1 aliphatic heterocycles. The Morgan fingerprint density at radius 2 is 2.10 bits per heavy atom. The minimum absolute atomic E-state index is 0.217. The Balaban J connectivity index is 1.67. The third-order valence-electron chi connectivity index (χ3n) is 3.78. The van der Waals surface area contributed by atoms with Gasteiger partial charge in [-0.3, -0.25) is 4.90 Å². The van der Waals surface area contributed by atoms with E-state index >= 15 is 0 Å². The van der Waals surface area contributed by atoms with E-state index in [0.717, 1.165) is 18.5 Å². The Bertz CT molecular complexity index is 587. The molecule has 0 radical (unpaired) electrons. The van der Waals surface area contributed by atoms with E-state index in [2.05, 4.69) is 10.1 Å². The zero-order valence-electron chi connectivity index (χ0n) is 11.8. The first-order chi connectivity index (χ1) is 10.2. The van der Waals surface area contributed by atoms with E-state index in [4.69, 9.17) is 4.52 Å². The number of rotatable bonds is 4. The molecule has 112 valence electrons. The number of piperidine rings is 1. The van der Waals surface area contributed by atoms with E-state index in [9.17, 15) is 10.2 Å². The highest BCUT2D eigenvalue weighted by Crippen LogP contribution is 2.22. The summed E-state index contributed by atoms with van der Waals surface area (Å²) in [5.74, 6) is 1.09. The van der Waals surface area contributed by atoms with Crippen molar-refractivity contribution in [2.24, 2.45) is 0 Å². The van der Waals surface area contributed by atoms with Gasteiger partial charge in [0.15, 0.2) is 5.82 Å². The van der Waals surface area contributed by atoms with Crippen molar-refractivity contribution in [2.45, 2.75) is 25.0 Å². The third-order valence-corrected chi connectivity index (χ3v) is 3.78. The number of aliphatic hydroxyl groups is 2. The van der Waals surface area contributed by atoms with Crippen LogP contribution in [0.4, 0.5) is 0 Å². The second-order valence-corrected chi connectivity index (χ2v) is 5.58. The smallest absolute Gasteiger partial charge is 0.257 e. The first-order valence-electron chi connectivity index (χ1n) is 7.12. The highest BCUT2D eigenvalue weighted by molar-refractivity contribution is 5.51. The second-order valence-electron chi connectivity index (χ2n) is 5.58. The van der Waals surface area contributed by atoms with Gasteiger partial charge in [0.05, 0.1) is 13.2 Å². The predicted molar refractivity (Wildman–Crippen MR) is 76.3 cm³/mol. The van der Waals surface area contributed by atoms with E-state index in [-0.39, 0.29) is 6.61 Å². The van der Waals surface area contributed by atoms with Crippen LogP contribution in [0.1, 0.15) is 18.7 Å². The average Bonchev–Trinajstić information content (AvgIpc) is 2.97. The van der Waals surface area contributed by atoms with Gasteiger partial charge in [0.1, 0.15) is 5.60 Å². The van der Waals surface area contributed by atoms with Gasteiger partial charge in [-0.15, -0.1) is 0 Å². The number of likely N-dealkylation sites (tertiary alicyclic amines) is 1. The molecule has 0 spiro atoms. The first kappa shape index (κ1) is 14.2. The van der Waals surface area contributed by atoms with Gasteiger partial charge in [-0.1, -0.05) is 23.4 Å². The molecule has 1 aromatic carbocycles. The van der Waals surface area contributed by atoms with Crippen molar-refractivity contribution in [1.29, 1.82) is 0 Å². The molecular weight excluding hydrogens is 270 g/mol. The molecular formula is C15H19N3O3. The lowest BCUT2D eigenvalue weighted by Crippen LogP contribution is -2.50. The highest BCUT2D eigenvalue weighted by atomic mass is 16.5. The van der Waals surface area contributed by atoms with Crippen LogP contribution in [0.5, 0.6) is 0 Å². The Hall–Kier alpha value is -1.76. The van der Waals surface area contributed by atoms with E-state index in [1.54, 1.807) is 0 Å². The lowest BCUT2D eigenvalue weighted by atomic mass is 9.94. The molecule has 1 aliphatic rings. The highest BCUT2D eigenvalue weighted by Gasteiger charge is 2.32. The number of hydrogen-bond donors (Lipinski definition) is 2. The van der Waals surface area contributed by atoms with Crippen molar-refractivity contribution >= 4 is 0 Å². The first-order valence-corrected chi connectivity index (χ1v) is 7.12. The predicted octanol–water partition coefficient (Wildman–Crippen LogP) is 1.06. The molecule has 1 fully saturated rings. The second kappa shape index (κ2) is 5.93. The molecule has 2 N–H and O–H groups in total. The topological polar surface area (TPSA) is 82.6 Å². The molecule has 21 heavy (non-hydrogen) atoms. The quantitative estimate of drug-likeness (QED) is 0.875. The lowest BCUT2D eigenvalue weighted by molar-refractivity contribution is -0.0692. The number of aromatic nitrogens is 2. The van der Waals surface area contributed by atoms with Crippen molar-refractivity contribution in [2.75, 3.05) is 19.7 Å². The zero-order valence-corrected chi connectivity index (χ0v) is 11.8. The number of benzene rings is 1. The summed E-state index contributed by atoms with van der Waals surface area (Å²) in [6, 6.07) is 9.62. The van der Waals surface area contributed by atoms with E-state index in [1.165, 1.54) is 0 Å². The van der Waals surface area contributed by atoms with Crippen molar-refractivity contribution in [1.82, 2.24) is 15.0 Å². The van der Waals surface area contributed by atoms with Crippen molar-refractivity contribution in [3.05, 3.63) is 36.2 Å². The fraction of sp³-hybridized carbons (Fsp3) is 0.467. The largest absolute Gasteiger partial charge is 0.393 e. The standard InChI is InChI=1S/C15H19N3O3/c19-11-15(20)7-4-8-18(10-15)9-13-16-14(21-17-13)12-5-2-1-3-6-12/h1-3,5-6,19-20H,4,7-11H2/t15-/m0/s1. The van der Waals surface area contributed by atoms with Gasteiger partial charge < -0.3 is 14.7 Å². The van der Waals surface area contributed by atoms with E-state index < -0.39 is 5.60 Å². The van der Waals surface area contributed by atoms with Crippen LogP contribution in [0.25, 0.3) is 11.5 Å². The maximum atomic E-state index is 10.2. The van der Waals surface area contributed by atoms with Crippen LogP contribution in [-0.2, 0) is 6.54 Å². The molecule has 0 aliphatic carbocycles. The van der Waals surface area contributed by atoms with Gasteiger partial charge in [0, 0.05) is 12.1 Å². The van der Waals surface area contributed by atoms with Crippen LogP contribution < -0.4 is 0 Å². The van der Waals surface area contributed by atoms with Crippen molar-refractivity contribution in [3.63, 3.8) is 0 Å². The normalized spacial score (nSPS) is 23.3. The summed E-state index contributed by atoms with van der Waals surface area (Å²) in [4.78, 5) is 6.43. The van der Waals surface area contributed by atoms with Gasteiger partial charge in [-0.25, -0.2) is 0 Å². The summed E-state index contributed by atoms with van der Waals surface area (Å²) in [6.07, 6.45) is 1.47. The summed E-state index contributed by atoms with van der Waals surface area (Å²) in [7, 11) is 0. The maximum Gasteiger partial charge on any atom is 0.257 e.